The van der Waals surface area contributed by atoms with Crippen LogP contribution in [0.25, 0.3) is 0 Å². The number of hydrogen-bond donors (Lipinski definition) is 2. The Labute approximate surface area is 240 Å². The largest absolute Gasteiger partial charge is 0.370 e. The normalized spacial score (nSPS) is 20.1. The van der Waals surface area contributed by atoms with Crippen molar-refractivity contribution in [3.63, 3.8) is 0 Å². The van der Waals surface area contributed by atoms with E-state index in [1.54, 1.807) is 34.1 Å². The Morgan fingerprint density at radius 3 is 2.32 bits per heavy atom. The maximum Gasteiger partial charge on any atom is 0.241 e. The Balaban J connectivity index is 1.47. The first kappa shape index (κ1) is 28.5. The summed E-state index contributed by atoms with van der Waals surface area (Å²) in [6, 6.07) is 12.0. The average molecular weight is 559 g/mol. The number of hydrogen-bond acceptors (Lipinski definition) is 6. The van der Waals surface area contributed by atoms with E-state index in [-0.39, 0.29) is 41.7 Å². The Bertz CT molecular complexity index is 1370. The number of fused-ring (bicyclic) bond motifs is 1. The van der Waals surface area contributed by atoms with Gasteiger partial charge in [-0.3, -0.25) is 29.5 Å². The lowest BCUT2D eigenvalue weighted by atomic mass is 9.85. The minimum absolute atomic E-state index is 0.0117. The molecule has 2 amide bonds. The molecule has 3 aliphatic rings. The lowest BCUT2D eigenvalue weighted by molar-refractivity contribution is -0.144. The molecule has 10 nitrogen and oxygen atoms in total. The number of guanidine groups is 1. The predicted octanol–water partition coefficient (Wildman–Crippen LogP) is 2.01. The van der Waals surface area contributed by atoms with Gasteiger partial charge in [-0.15, -0.1) is 0 Å². The molecule has 0 bridgehead atoms. The number of piperidine rings is 1. The topological polar surface area (TPSA) is 131 Å². The minimum atomic E-state index is -0.771. The Morgan fingerprint density at radius 2 is 1.68 bits per heavy atom. The zero-order valence-corrected chi connectivity index (χ0v) is 23.8. The summed E-state index contributed by atoms with van der Waals surface area (Å²) < 4.78 is 0. The second-order valence-electron chi connectivity index (χ2n) is 11.4. The Morgan fingerprint density at radius 1 is 0.976 bits per heavy atom. The fourth-order valence-corrected chi connectivity index (χ4v) is 6.29. The van der Waals surface area contributed by atoms with E-state index >= 15 is 0 Å². The van der Waals surface area contributed by atoms with Crippen LogP contribution in [0, 0.1) is 11.3 Å². The zero-order chi connectivity index (χ0) is 29.3. The van der Waals surface area contributed by atoms with Crippen molar-refractivity contribution in [2.75, 3.05) is 51.2 Å². The van der Waals surface area contributed by atoms with Crippen LogP contribution >= 0.6 is 0 Å². The third kappa shape index (κ3) is 5.88. The van der Waals surface area contributed by atoms with Crippen LogP contribution in [-0.4, -0.2) is 90.4 Å². The fraction of sp³-hybridized carbons (Fsp3) is 0.452. The standard InChI is InChI=1S/C31H38N6O4/c1-20(38)22-8-6-21(7-9-22)18-27(39)29-25-4-3-5-26(36-17-16-34(2)19-28(36)40)24(25)12-15-37(29)30(41)23-10-13-35(14-11-23)31(32)33/h3-9,23,29H,10-19H2,1-2H3,(H3,32,33). The molecule has 2 aromatic carbocycles. The highest BCUT2D eigenvalue weighted by atomic mass is 16.2. The van der Waals surface area contributed by atoms with E-state index in [4.69, 9.17) is 11.1 Å². The van der Waals surface area contributed by atoms with Gasteiger partial charge in [-0.1, -0.05) is 36.4 Å². The van der Waals surface area contributed by atoms with Crippen molar-refractivity contribution in [2.24, 2.45) is 11.7 Å². The number of Topliss-reactive ketones (excluding diaryl/α,β-unsaturated/α-hetero) is 2. The monoisotopic (exact) mass is 558 g/mol. The molecule has 216 valence electrons. The van der Waals surface area contributed by atoms with Crippen LogP contribution in [0.15, 0.2) is 42.5 Å². The fourth-order valence-electron chi connectivity index (χ4n) is 6.29. The van der Waals surface area contributed by atoms with E-state index in [9.17, 15) is 19.2 Å². The third-order valence-electron chi connectivity index (χ3n) is 8.61. The summed E-state index contributed by atoms with van der Waals surface area (Å²) in [4.78, 5) is 60.1. The first-order valence-corrected chi connectivity index (χ1v) is 14.3. The lowest BCUT2D eigenvalue weighted by Gasteiger charge is -2.42. The van der Waals surface area contributed by atoms with Gasteiger partial charge in [0.15, 0.2) is 17.5 Å². The molecule has 2 saturated heterocycles. The number of rotatable bonds is 6. The molecule has 0 aliphatic carbocycles. The van der Waals surface area contributed by atoms with Crippen molar-refractivity contribution in [1.82, 2.24) is 14.7 Å². The molecule has 1 unspecified atom stereocenters. The van der Waals surface area contributed by atoms with Crippen molar-refractivity contribution >= 4 is 35.0 Å². The molecule has 3 aliphatic heterocycles. The first-order chi connectivity index (χ1) is 19.6. The summed E-state index contributed by atoms with van der Waals surface area (Å²) in [6.45, 7) is 4.64. The SMILES string of the molecule is CC(=O)c1ccc(CC(=O)C2c3cccc(N4CCN(C)CC4=O)c3CCN2C(=O)C2CCN(C(=N)N)CC2)cc1. The van der Waals surface area contributed by atoms with Crippen molar-refractivity contribution in [2.45, 2.75) is 38.6 Å². The molecule has 0 radical (unpaired) electrons. The van der Waals surface area contributed by atoms with E-state index in [1.807, 2.05) is 35.0 Å². The number of likely N-dealkylation sites (tertiary alicyclic amines) is 1. The summed E-state index contributed by atoms with van der Waals surface area (Å²) >= 11 is 0. The summed E-state index contributed by atoms with van der Waals surface area (Å²) in [5.74, 6) is -0.403. The molecule has 1 atom stereocenters. The third-order valence-corrected chi connectivity index (χ3v) is 8.61. The van der Waals surface area contributed by atoms with Gasteiger partial charge >= 0.3 is 0 Å². The Hall–Kier alpha value is -4.05. The molecule has 3 N–H and O–H groups in total. The molecule has 5 rings (SSSR count). The van der Waals surface area contributed by atoms with E-state index in [2.05, 4.69) is 0 Å². The second-order valence-corrected chi connectivity index (χ2v) is 11.4. The van der Waals surface area contributed by atoms with Gasteiger partial charge in [-0.05, 0) is 56.0 Å². The number of carbonyl (C=O) groups is 4. The number of nitrogens with two attached hydrogens (primary N) is 1. The number of carbonyl (C=O) groups excluding carboxylic acids is 4. The summed E-state index contributed by atoms with van der Waals surface area (Å²) in [5, 5.41) is 7.71. The van der Waals surface area contributed by atoms with Crippen LogP contribution in [0.5, 0.6) is 0 Å². The average Bonchev–Trinajstić information content (AvgIpc) is 2.96. The number of benzene rings is 2. The highest BCUT2D eigenvalue weighted by Gasteiger charge is 2.40. The van der Waals surface area contributed by atoms with Crippen LogP contribution in [-0.2, 0) is 27.2 Å². The first-order valence-electron chi connectivity index (χ1n) is 14.3. The molecule has 10 heteroatoms. The van der Waals surface area contributed by atoms with E-state index in [0.29, 0.717) is 57.5 Å². The van der Waals surface area contributed by atoms with E-state index in [1.165, 1.54) is 6.92 Å². The Kier molecular flexibility index (Phi) is 8.21. The van der Waals surface area contributed by atoms with Gasteiger partial charge in [0, 0.05) is 56.3 Å². The van der Waals surface area contributed by atoms with Gasteiger partial charge in [-0.2, -0.15) is 0 Å². The number of amides is 2. The number of anilines is 1. The maximum absolute atomic E-state index is 14.1. The lowest BCUT2D eigenvalue weighted by Crippen LogP contribution is -2.51. The molecular weight excluding hydrogens is 520 g/mol. The van der Waals surface area contributed by atoms with Crippen molar-refractivity contribution in [3.05, 3.63) is 64.7 Å². The van der Waals surface area contributed by atoms with Crippen LogP contribution in [0.4, 0.5) is 5.69 Å². The molecule has 0 saturated carbocycles. The van der Waals surface area contributed by atoms with Crippen LogP contribution < -0.4 is 10.6 Å². The minimum Gasteiger partial charge on any atom is -0.370 e. The van der Waals surface area contributed by atoms with Crippen LogP contribution in [0.2, 0.25) is 0 Å². The molecule has 2 aromatic rings. The van der Waals surface area contributed by atoms with Gasteiger partial charge in [0.25, 0.3) is 0 Å². The summed E-state index contributed by atoms with van der Waals surface area (Å²) in [5.41, 5.74) is 9.57. The number of nitrogens with zero attached hydrogens (tertiary/aromatic N) is 4. The van der Waals surface area contributed by atoms with Gasteiger partial charge in [0.05, 0.1) is 6.54 Å². The van der Waals surface area contributed by atoms with Gasteiger partial charge in [0.2, 0.25) is 11.8 Å². The number of ketones is 2. The molecule has 0 spiro atoms. The van der Waals surface area contributed by atoms with Crippen LogP contribution in [0.1, 0.15) is 52.9 Å². The van der Waals surface area contributed by atoms with Crippen molar-refractivity contribution < 1.29 is 19.2 Å². The quantitative estimate of drug-likeness (QED) is 0.315. The molecule has 2 fully saturated rings. The van der Waals surface area contributed by atoms with Crippen molar-refractivity contribution in [3.8, 4) is 0 Å². The summed E-state index contributed by atoms with van der Waals surface area (Å²) in [7, 11) is 1.93. The van der Waals surface area contributed by atoms with Crippen LogP contribution in [0.3, 0.4) is 0 Å². The van der Waals surface area contributed by atoms with E-state index in [0.717, 1.165) is 28.9 Å². The highest BCUT2D eigenvalue weighted by molar-refractivity contribution is 5.98. The number of nitrogens with one attached hydrogen (secondary N) is 1. The molecule has 41 heavy (non-hydrogen) atoms. The van der Waals surface area contributed by atoms with Gasteiger partial charge in [0.1, 0.15) is 6.04 Å². The highest BCUT2D eigenvalue weighted by Crippen LogP contribution is 2.38. The van der Waals surface area contributed by atoms with Crippen molar-refractivity contribution in [1.29, 1.82) is 5.41 Å². The van der Waals surface area contributed by atoms with Gasteiger partial charge < -0.3 is 20.4 Å². The van der Waals surface area contributed by atoms with Gasteiger partial charge in [-0.25, -0.2) is 0 Å². The number of piperazine rings is 1. The number of likely N-dealkylation sites (N-methyl/N-ethyl adjacent to an activating group) is 1. The molecular formula is C31H38N6O4. The molecule has 3 heterocycles. The predicted molar refractivity (Wildman–Crippen MR) is 156 cm³/mol. The summed E-state index contributed by atoms with van der Waals surface area (Å²) in [6.07, 6.45) is 1.82. The second kappa shape index (κ2) is 11.8. The zero-order valence-electron chi connectivity index (χ0n) is 23.8. The molecule has 0 aromatic heterocycles. The van der Waals surface area contributed by atoms with E-state index < -0.39 is 6.04 Å². The smallest absolute Gasteiger partial charge is 0.241 e. The maximum atomic E-state index is 14.1.